The van der Waals surface area contributed by atoms with E-state index in [4.69, 9.17) is 0 Å². The van der Waals surface area contributed by atoms with Crippen molar-refractivity contribution in [3.8, 4) is 0 Å². The molecule has 0 saturated carbocycles. The Kier molecular flexibility index (Phi) is 2.08. The molecular formula is C8H12N2O. The Morgan fingerprint density at radius 1 is 1.55 bits per heavy atom. The molecule has 1 heterocycles. The average molecular weight is 152 g/mol. The van der Waals surface area contributed by atoms with Crippen LogP contribution in [0.4, 0.5) is 0 Å². The maximum atomic E-state index is 11.1. The lowest BCUT2D eigenvalue weighted by atomic mass is 10.1. The minimum absolute atomic E-state index is 0.00343. The van der Waals surface area contributed by atoms with E-state index in [9.17, 15) is 4.79 Å². The van der Waals surface area contributed by atoms with Gasteiger partial charge in [0.05, 0.1) is 12.0 Å². The summed E-state index contributed by atoms with van der Waals surface area (Å²) in [7, 11) is 1.69. The van der Waals surface area contributed by atoms with Gasteiger partial charge in [0.25, 0.3) is 5.56 Å². The fourth-order valence-electron chi connectivity index (χ4n) is 0.792. The van der Waals surface area contributed by atoms with Gasteiger partial charge in [0, 0.05) is 13.1 Å². The predicted molar refractivity (Wildman–Crippen MR) is 43.6 cm³/mol. The van der Waals surface area contributed by atoms with Gasteiger partial charge >= 0.3 is 0 Å². The van der Waals surface area contributed by atoms with Crippen molar-refractivity contribution >= 4 is 0 Å². The average Bonchev–Trinajstić information content (AvgIpc) is 1.94. The second kappa shape index (κ2) is 2.86. The minimum Gasteiger partial charge on any atom is -0.302 e. The van der Waals surface area contributed by atoms with Crippen LogP contribution in [-0.2, 0) is 7.05 Å². The molecular weight excluding hydrogens is 140 g/mol. The molecule has 0 aliphatic heterocycles. The Labute approximate surface area is 65.7 Å². The van der Waals surface area contributed by atoms with E-state index in [1.165, 1.54) is 4.57 Å². The van der Waals surface area contributed by atoms with Gasteiger partial charge in [0.1, 0.15) is 0 Å². The summed E-state index contributed by atoms with van der Waals surface area (Å²) in [6.45, 7) is 4.03. The number of hydrogen-bond donors (Lipinski definition) is 0. The van der Waals surface area contributed by atoms with Gasteiger partial charge in [0.2, 0.25) is 0 Å². The summed E-state index contributed by atoms with van der Waals surface area (Å²) in [6, 6.07) is 1.57. The molecule has 0 bridgehead atoms. The molecule has 0 spiro atoms. The fraction of sp³-hybridized carbons (Fsp3) is 0.500. The van der Waals surface area contributed by atoms with Gasteiger partial charge in [-0.1, -0.05) is 13.8 Å². The molecule has 0 aliphatic carbocycles. The van der Waals surface area contributed by atoms with E-state index in [1.54, 1.807) is 19.4 Å². The molecule has 0 amide bonds. The number of nitrogens with zero attached hydrogens (tertiary/aromatic N) is 2. The summed E-state index contributed by atoms with van der Waals surface area (Å²) >= 11 is 0. The Hall–Kier alpha value is -1.12. The molecule has 0 atom stereocenters. The van der Waals surface area contributed by atoms with E-state index in [2.05, 4.69) is 4.98 Å². The lowest BCUT2D eigenvalue weighted by Crippen LogP contribution is -2.17. The third-order valence-electron chi connectivity index (χ3n) is 1.59. The molecule has 0 radical (unpaired) electrons. The predicted octanol–water partition coefficient (Wildman–Crippen LogP) is 0.904. The van der Waals surface area contributed by atoms with Crippen molar-refractivity contribution in [3.05, 3.63) is 28.4 Å². The van der Waals surface area contributed by atoms with Gasteiger partial charge in [-0.15, -0.1) is 0 Å². The topological polar surface area (TPSA) is 34.9 Å². The zero-order valence-electron chi connectivity index (χ0n) is 7.03. The second-order valence-electron chi connectivity index (χ2n) is 2.92. The van der Waals surface area contributed by atoms with Crippen LogP contribution in [-0.4, -0.2) is 9.55 Å². The lowest BCUT2D eigenvalue weighted by molar-refractivity contribution is 0.755. The first-order chi connectivity index (χ1) is 5.11. The molecule has 1 aromatic heterocycles. The summed E-state index contributed by atoms with van der Waals surface area (Å²) in [5.41, 5.74) is 0.858. The van der Waals surface area contributed by atoms with Crippen LogP contribution >= 0.6 is 0 Å². The van der Waals surface area contributed by atoms with Crippen LogP contribution in [0, 0.1) is 0 Å². The third-order valence-corrected chi connectivity index (χ3v) is 1.59. The first-order valence-electron chi connectivity index (χ1n) is 3.64. The van der Waals surface area contributed by atoms with Crippen molar-refractivity contribution in [1.29, 1.82) is 0 Å². The van der Waals surface area contributed by atoms with Crippen molar-refractivity contribution in [1.82, 2.24) is 9.55 Å². The Morgan fingerprint density at radius 3 is 2.64 bits per heavy atom. The Bertz CT molecular complexity index is 301. The SMILES string of the molecule is CC(C)c1cc(=O)n(C)cn1. The van der Waals surface area contributed by atoms with Crippen molar-refractivity contribution in [2.24, 2.45) is 7.05 Å². The van der Waals surface area contributed by atoms with Gasteiger partial charge in [-0.3, -0.25) is 4.79 Å². The fourth-order valence-corrected chi connectivity index (χ4v) is 0.792. The maximum absolute atomic E-state index is 11.1. The molecule has 1 aromatic rings. The van der Waals surface area contributed by atoms with E-state index in [-0.39, 0.29) is 5.56 Å². The first kappa shape index (κ1) is 7.98. The Morgan fingerprint density at radius 2 is 2.18 bits per heavy atom. The van der Waals surface area contributed by atoms with Gasteiger partial charge in [-0.25, -0.2) is 4.98 Å². The van der Waals surface area contributed by atoms with Crippen LogP contribution in [0.1, 0.15) is 25.5 Å². The van der Waals surface area contributed by atoms with Crippen molar-refractivity contribution in [3.63, 3.8) is 0 Å². The Balaban J connectivity index is 3.16. The standard InChI is InChI=1S/C8H12N2O/c1-6(2)7-4-8(11)10(3)5-9-7/h4-6H,1-3H3. The molecule has 3 heteroatoms. The summed E-state index contributed by atoms with van der Waals surface area (Å²) < 4.78 is 1.46. The summed E-state index contributed by atoms with van der Waals surface area (Å²) in [5, 5.41) is 0. The molecule has 60 valence electrons. The highest BCUT2D eigenvalue weighted by molar-refractivity contribution is 5.03. The molecule has 1 rings (SSSR count). The van der Waals surface area contributed by atoms with Crippen LogP contribution in [0.5, 0.6) is 0 Å². The third kappa shape index (κ3) is 1.67. The van der Waals surface area contributed by atoms with E-state index in [0.29, 0.717) is 5.92 Å². The van der Waals surface area contributed by atoms with E-state index in [1.807, 2.05) is 13.8 Å². The zero-order valence-corrected chi connectivity index (χ0v) is 7.03. The van der Waals surface area contributed by atoms with Crippen LogP contribution < -0.4 is 5.56 Å². The van der Waals surface area contributed by atoms with Gasteiger partial charge in [0.15, 0.2) is 0 Å². The number of aryl methyl sites for hydroxylation is 1. The van der Waals surface area contributed by atoms with E-state index >= 15 is 0 Å². The second-order valence-corrected chi connectivity index (χ2v) is 2.92. The van der Waals surface area contributed by atoms with Gasteiger partial charge in [-0.05, 0) is 5.92 Å². The molecule has 0 fully saturated rings. The van der Waals surface area contributed by atoms with Crippen molar-refractivity contribution in [2.75, 3.05) is 0 Å². The number of hydrogen-bond acceptors (Lipinski definition) is 2. The van der Waals surface area contributed by atoms with Crippen LogP contribution in [0.2, 0.25) is 0 Å². The number of rotatable bonds is 1. The molecule has 11 heavy (non-hydrogen) atoms. The molecule has 0 N–H and O–H groups in total. The smallest absolute Gasteiger partial charge is 0.253 e. The van der Waals surface area contributed by atoms with Crippen LogP contribution in [0.15, 0.2) is 17.2 Å². The highest BCUT2D eigenvalue weighted by Gasteiger charge is 2.00. The lowest BCUT2D eigenvalue weighted by Gasteiger charge is -2.03. The first-order valence-corrected chi connectivity index (χ1v) is 3.64. The molecule has 0 aromatic carbocycles. The van der Waals surface area contributed by atoms with E-state index < -0.39 is 0 Å². The minimum atomic E-state index is 0.00343. The normalized spacial score (nSPS) is 10.5. The molecule has 3 nitrogen and oxygen atoms in total. The van der Waals surface area contributed by atoms with Crippen molar-refractivity contribution < 1.29 is 0 Å². The highest BCUT2D eigenvalue weighted by atomic mass is 16.1. The highest BCUT2D eigenvalue weighted by Crippen LogP contribution is 2.06. The number of aromatic nitrogens is 2. The largest absolute Gasteiger partial charge is 0.302 e. The zero-order chi connectivity index (χ0) is 8.43. The quantitative estimate of drug-likeness (QED) is 0.599. The van der Waals surface area contributed by atoms with Crippen LogP contribution in [0.25, 0.3) is 0 Å². The van der Waals surface area contributed by atoms with Gasteiger partial charge in [-0.2, -0.15) is 0 Å². The monoisotopic (exact) mass is 152 g/mol. The maximum Gasteiger partial charge on any atom is 0.253 e. The van der Waals surface area contributed by atoms with E-state index in [0.717, 1.165) is 5.69 Å². The summed E-state index contributed by atoms with van der Waals surface area (Å²) in [6.07, 6.45) is 1.55. The van der Waals surface area contributed by atoms with Crippen LogP contribution in [0.3, 0.4) is 0 Å². The van der Waals surface area contributed by atoms with Crippen molar-refractivity contribution in [2.45, 2.75) is 19.8 Å². The summed E-state index contributed by atoms with van der Waals surface area (Å²) in [4.78, 5) is 15.2. The molecule has 0 saturated heterocycles. The molecule has 0 unspecified atom stereocenters. The van der Waals surface area contributed by atoms with Gasteiger partial charge < -0.3 is 4.57 Å². The molecule has 0 aliphatic rings. The summed E-state index contributed by atoms with van der Waals surface area (Å²) in [5.74, 6) is 0.323.